The van der Waals surface area contributed by atoms with Gasteiger partial charge in [-0.2, -0.15) is 0 Å². The topological polar surface area (TPSA) is 20.2 Å². The third kappa shape index (κ3) is 2.38. The van der Waals surface area contributed by atoms with Crippen LogP contribution in [0.4, 0.5) is 0 Å². The van der Waals surface area contributed by atoms with Crippen LogP contribution in [0.5, 0.6) is 0 Å². The van der Waals surface area contributed by atoms with Crippen molar-refractivity contribution in [2.24, 2.45) is 17.3 Å². The molecule has 1 heteroatoms. The van der Waals surface area contributed by atoms with Gasteiger partial charge in [0.05, 0.1) is 6.10 Å². The van der Waals surface area contributed by atoms with Gasteiger partial charge in [-0.25, -0.2) is 0 Å². The summed E-state index contributed by atoms with van der Waals surface area (Å²) in [6, 6.07) is 0. The van der Waals surface area contributed by atoms with Crippen LogP contribution in [-0.4, -0.2) is 11.2 Å². The molecule has 1 aliphatic rings. The molecule has 0 aromatic carbocycles. The first-order valence-electron chi connectivity index (χ1n) is 5.80. The molecular formula is C13H24O. The number of allylic oxidation sites excluding steroid dienone is 1. The Morgan fingerprint density at radius 2 is 2.07 bits per heavy atom. The van der Waals surface area contributed by atoms with Gasteiger partial charge in [0, 0.05) is 0 Å². The Morgan fingerprint density at radius 1 is 1.43 bits per heavy atom. The maximum absolute atomic E-state index is 10.1. The van der Waals surface area contributed by atoms with E-state index in [0.29, 0.717) is 11.8 Å². The van der Waals surface area contributed by atoms with Crippen molar-refractivity contribution in [1.29, 1.82) is 0 Å². The average molecular weight is 196 g/mol. The summed E-state index contributed by atoms with van der Waals surface area (Å²) in [6.45, 7) is 8.84. The van der Waals surface area contributed by atoms with Crippen LogP contribution in [0.15, 0.2) is 12.2 Å². The van der Waals surface area contributed by atoms with Crippen molar-refractivity contribution in [2.45, 2.75) is 53.1 Å². The number of hydrogen-bond acceptors (Lipinski definition) is 1. The van der Waals surface area contributed by atoms with Gasteiger partial charge < -0.3 is 5.11 Å². The van der Waals surface area contributed by atoms with Gasteiger partial charge in [-0.1, -0.05) is 45.8 Å². The van der Waals surface area contributed by atoms with E-state index < -0.39 is 0 Å². The van der Waals surface area contributed by atoms with Gasteiger partial charge >= 0.3 is 0 Å². The van der Waals surface area contributed by atoms with Crippen LogP contribution in [0.3, 0.4) is 0 Å². The molecule has 0 amide bonds. The van der Waals surface area contributed by atoms with Crippen LogP contribution in [0.25, 0.3) is 0 Å². The van der Waals surface area contributed by atoms with Crippen molar-refractivity contribution >= 4 is 0 Å². The molecule has 1 N–H and O–H groups in total. The Labute approximate surface area is 88.2 Å². The molecule has 0 radical (unpaired) electrons. The smallest absolute Gasteiger partial charge is 0.0756 e. The Morgan fingerprint density at radius 3 is 2.57 bits per heavy atom. The normalized spacial score (nSPS) is 34.6. The SMILES string of the molecule is C/C=C/C(O)[C@H]1C(C)CCCC1(C)C. The Bertz CT molecular complexity index is 205. The van der Waals surface area contributed by atoms with Crippen molar-refractivity contribution in [3.05, 3.63) is 12.2 Å². The van der Waals surface area contributed by atoms with E-state index >= 15 is 0 Å². The molecule has 1 rings (SSSR count). The van der Waals surface area contributed by atoms with Gasteiger partial charge in [0.2, 0.25) is 0 Å². The molecule has 0 aromatic heterocycles. The maximum atomic E-state index is 10.1. The van der Waals surface area contributed by atoms with Crippen LogP contribution in [0, 0.1) is 17.3 Å². The van der Waals surface area contributed by atoms with Gasteiger partial charge in [-0.15, -0.1) is 0 Å². The highest BCUT2D eigenvalue weighted by Gasteiger charge is 2.39. The molecule has 0 bridgehead atoms. The van der Waals surface area contributed by atoms with Gasteiger partial charge in [-0.05, 0) is 30.6 Å². The zero-order valence-corrected chi connectivity index (χ0v) is 9.96. The minimum Gasteiger partial charge on any atom is -0.389 e. The summed E-state index contributed by atoms with van der Waals surface area (Å²) in [5.41, 5.74) is 0.288. The molecule has 14 heavy (non-hydrogen) atoms. The predicted octanol–water partition coefficient (Wildman–Crippen LogP) is 3.39. The van der Waals surface area contributed by atoms with Gasteiger partial charge in [0.1, 0.15) is 0 Å². The van der Waals surface area contributed by atoms with Crippen LogP contribution < -0.4 is 0 Å². The number of aliphatic hydroxyl groups excluding tert-OH is 1. The second-order valence-electron chi connectivity index (χ2n) is 5.40. The van der Waals surface area contributed by atoms with E-state index in [1.165, 1.54) is 19.3 Å². The van der Waals surface area contributed by atoms with Crippen LogP contribution in [-0.2, 0) is 0 Å². The van der Waals surface area contributed by atoms with Gasteiger partial charge in [0.15, 0.2) is 0 Å². The number of aliphatic hydroxyl groups is 1. The van der Waals surface area contributed by atoms with E-state index in [9.17, 15) is 5.11 Å². The minimum absolute atomic E-state index is 0.259. The maximum Gasteiger partial charge on any atom is 0.0756 e. The zero-order valence-electron chi connectivity index (χ0n) is 9.96. The summed E-state index contributed by atoms with van der Waals surface area (Å²) in [5.74, 6) is 1.07. The first-order valence-corrected chi connectivity index (χ1v) is 5.80. The molecule has 0 spiro atoms. The van der Waals surface area contributed by atoms with Crippen LogP contribution in [0.2, 0.25) is 0 Å². The lowest BCUT2D eigenvalue weighted by Gasteiger charge is -2.44. The summed E-state index contributed by atoms with van der Waals surface area (Å²) in [5, 5.41) is 10.1. The van der Waals surface area contributed by atoms with E-state index in [0.717, 1.165) is 0 Å². The second kappa shape index (κ2) is 4.48. The molecule has 0 heterocycles. The highest BCUT2D eigenvalue weighted by molar-refractivity contribution is 4.98. The van der Waals surface area contributed by atoms with E-state index in [1.54, 1.807) is 0 Å². The third-order valence-electron chi connectivity index (χ3n) is 3.75. The first-order chi connectivity index (χ1) is 6.49. The van der Waals surface area contributed by atoms with Crippen molar-refractivity contribution < 1.29 is 5.11 Å². The van der Waals surface area contributed by atoms with Crippen LogP contribution in [0.1, 0.15) is 47.0 Å². The van der Waals surface area contributed by atoms with Crippen molar-refractivity contribution in [2.75, 3.05) is 0 Å². The second-order valence-corrected chi connectivity index (χ2v) is 5.40. The predicted molar refractivity (Wildman–Crippen MR) is 61.1 cm³/mol. The third-order valence-corrected chi connectivity index (χ3v) is 3.75. The summed E-state index contributed by atoms with van der Waals surface area (Å²) < 4.78 is 0. The molecule has 1 aliphatic carbocycles. The minimum atomic E-state index is -0.259. The quantitative estimate of drug-likeness (QED) is 0.671. The lowest BCUT2D eigenvalue weighted by atomic mass is 9.62. The monoisotopic (exact) mass is 196 g/mol. The lowest BCUT2D eigenvalue weighted by Crippen LogP contribution is -2.40. The van der Waals surface area contributed by atoms with Gasteiger partial charge in [-0.3, -0.25) is 0 Å². The summed E-state index contributed by atoms with van der Waals surface area (Å²) in [4.78, 5) is 0. The lowest BCUT2D eigenvalue weighted by molar-refractivity contribution is -0.00404. The van der Waals surface area contributed by atoms with E-state index in [4.69, 9.17) is 0 Å². The molecule has 0 aromatic rings. The molecule has 82 valence electrons. The fourth-order valence-corrected chi connectivity index (χ4v) is 3.11. The fraction of sp³-hybridized carbons (Fsp3) is 0.846. The Hall–Kier alpha value is -0.300. The molecule has 3 atom stereocenters. The van der Waals surface area contributed by atoms with Gasteiger partial charge in [0.25, 0.3) is 0 Å². The number of rotatable bonds is 2. The molecule has 0 aliphatic heterocycles. The standard InChI is InChI=1S/C13H24O/c1-5-7-11(14)12-10(2)8-6-9-13(12,3)4/h5,7,10-12,14H,6,8-9H2,1-4H3/b7-5+/t10?,11?,12-/m1/s1. The first kappa shape index (κ1) is 11.8. The summed E-state index contributed by atoms with van der Waals surface area (Å²) >= 11 is 0. The summed E-state index contributed by atoms with van der Waals surface area (Å²) in [7, 11) is 0. The largest absolute Gasteiger partial charge is 0.389 e. The van der Waals surface area contributed by atoms with Crippen molar-refractivity contribution in [1.82, 2.24) is 0 Å². The average Bonchev–Trinajstić information content (AvgIpc) is 2.02. The molecule has 1 saturated carbocycles. The number of hydrogen-bond donors (Lipinski definition) is 1. The molecule has 1 nitrogen and oxygen atoms in total. The molecule has 2 unspecified atom stereocenters. The highest BCUT2D eigenvalue weighted by Crippen LogP contribution is 2.45. The Balaban J connectivity index is 2.79. The van der Waals surface area contributed by atoms with E-state index in [1.807, 2.05) is 19.1 Å². The Kier molecular flexibility index (Phi) is 3.77. The van der Waals surface area contributed by atoms with Crippen LogP contribution >= 0.6 is 0 Å². The molecule has 1 fully saturated rings. The summed E-state index contributed by atoms with van der Waals surface area (Å²) in [6.07, 6.45) is 7.47. The molecular weight excluding hydrogens is 172 g/mol. The zero-order chi connectivity index (χ0) is 10.8. The molecule has 0 saturated heterocycles. The van der Waals surface area contributed by atoms with Crippen molar-refractivity contribution in [3.63, 3.8) is 0 Å². The van der Waals surface area contributed by atoms with Crippen molar-refractivity contribution in [3.8, 4) is 0 Å². The van der Waals surface area contributed by atoms with E-state index in [-0.39, 0.29) is 11.5 Å². The van der Waals surface area contributed by atoms with E-state index in [2.05, 4.69) is 20.8 Å². The highest BCUT2D eigenvalue weighted by atomic mass is 16.3. The fourth-order valence-electron chi connectivity index (χ4n) is 3.11.